The molecule has 3 unspecified atom stereocenters. The largest absolute Gasteiger partial charge is 0.472 e. The molecule has 0 aromatic heterocycles. The van der Waals surface area contributed by atoms with Crippen molar-refractivity contribution in [2.24, 2.45) is 0 Å². The number of quaternary nitrogens is 1. The lowest BCUT2D eigenvalue weighted by molar-refractivity contribution is -0.870. The summed E-state index contributed by atoms with van der Waals surface area (Å²) in [6, 6.07) is -0.862. The maximum Gasteiger partial charge on any atom is 0.472 e. The number of hydrogen-bond donors (Lipinski definition) is 3. The molecule has 0 heterocycles. The number of allylic oxidation sites excluding steroid dienone is 11. The lowest BCUT2D eigenvalue weighted by atomic mass is 10.0. The highest BCUT2D eigenvalue weighted by atomic mass is 31.2. The van der Waals surface area contributed by atoms with E-state index in [-0.39, 0.29) is 19.1 Å². The number of carbonyl (C=O) groups excluding carboxylic acids is 1. The topological polar surface area (TPSA) is 105 Å². The molecule has 402 valence electrons. The first-order valence-electron chi connectivity index (χ1n) is 28.8. The van der Waals surface area contributed by atoms with Gasteiger partial charge in [0.05, 0.1) is 39.9 Å². The van der Waals surface area contributed by atoms with Crippen molar-refractivity contribution in [1.82, 2.24) is 5.32 Å². The Balaban J connectivity index is 4.26. The van der Waals surface area contributed by atoms with Gasteiger partial charge in [-0.15, -0.1) is 0 Å². The SMILES string of the molecule is CC/C=C\C/C=C\C/C=C\C/C=C\C/C=C\CCCCCCCC(=O)NC(COP(=O)(O)OCC[N+](C)(C)C)C(O)/C=C/CCCCCCCCCCCCCCCCCCCCCCCCCC. The number of unbranched alkanes of at least 4 members (excludes halogenated alkanes) is 29. The molecule has 0 aromatic rings. The van der Waals surface area contributed by atoms with Gasteiger partial charge in [-0.3, -0.25) is 13.8 Å². The van der Waals surface area contributed by atoms with Crippen LogP contribution in [-0.4, -0.2) is 73.4 Å². The van der Waals surface area contributed by atoms with Crippen molar-refractivity contribution in [2.45, 2.75) is 264 Å². The summed E-state index contributed by atoms with van der Waals surface area (Å²) in [6.45, 7) is 4.70. The van der Waals surface area contributed by atoms with Crippen molar-refractivity contribution in [3.05, 3.63) is 72.9 Å². The molecule has 0 rings (SSSR count). The predicted molar refractivity (Wildman–Crippen MR) is 300 cm³/mol. The summed E-state index contributed by atoms with van der Waals surface area (Å²) in [5, 5.41) is 13.9. The van der Waals surface area contributed by atoms with Gasteiger partial charge in [-0.1, -0.05) is 254 Å². The molecule has 0 fully saturated rings. The first kappa shape index (κ1) is 66.9. The number of carbonyl (C=O) groups is 1. The Morgan fingerprint density at radius 2 is 0.870 bits per heavy atom. The van der Waals surface area contributed by atoms with Crippen LogP contribution in [0.5, 0.6) is 0 Å². The van der Waals surface area contributed by atoms with Crippen molar-refractivity contribution < 1.29 is 32.9 Å². The smallest absolute Gasteiger partial charge is 0.387 e. The van der Waals surface area contributed by atoms with Crippen LogP contribution in [0.15, 0.2) is 72.9 Å². The van der Waals surface area contributed by atoms with Gasteiger partial charge in [0.1, 0.15) is 13.2 Å². The van der Waals surface area contributed by atoms with Crippen molar-refractivity contribution in [3.8, 4) is 0 Å². The van der Waals surface area contributed by atoms with Gasteiger partial charge < -0.3 is 19.8 Å². The van der Waals surface area contributed by atoms with Gasteiger partial charge in [-0.25, -0.2) is 4.57 Å². The third-order valence-corrected chi connectivity index (χ3v) is 13.7. The zero-order valence-corrected chi connectivity index (χ0v) is 46.7. The molecule has 0 saturated heterocycles. The molecular weight excluding hydrogens is 876 g/mol. The van der Waals surface area contributed by atoms with Crippen LogP contribution in [0.3, 0.4) is 0 Å². The van der Waals surface area contributed by atoms with E-state index in [4.69, 9.17) is 9.05 Å². The number of amides is 1. The van der Waals surface area contributed by atoms with Crippen LogP contribution in [0.4, 0.5) is 0 Å². The molecule has 0 saturated carbocycles. The maximum atomic E-state index is 13.0. The Hall–Kier alpha value is -2.06. The van der Waals surface area contributed by atoms with Crippen LogP contribution in [-0.2, 0) is 18.4 Å². The molecule has 0 bridgehead atoms. The lowest BCUT2D eigenvalue weighted by Crippen LogP contribution is -2.45. The highest BCUT2D eigenvalue weighted by molar-refractivity contribution is 7.47. The zero-order valence-electron chi connectivity index (χ0n) is 45.8. The van der Waals surface area contributed by atoms with E-state index in [9.17, 15) is 19.4 Å². The van der Waals surface area contributed by atoms with Crippen molar-refractivity contribution in [2.75, 3.05) is 40.9 Å². The van der Waals surface area contributed by atoms with E-state index in [1.54, 1.807) is 6.08 Å². The molecule has 9 heteroatoms. The number of aliphatic hydroxyl groups is 1. The number of phosphoric acid groups is 1. The normalized spacial score (nSPS) is 14.5. The molecule has 0 aliphatic rings. The molecule has 3 atom stereocenters. The van der Waals surface area contributed by atoms with Gasteiger partial charge in [-0.05, 0) is 64.2 Å². The standard InChI is InChI=1S/C60H111N2O6P/c1-6-8-10-12-14-16-18-20-22-24-26-28-29-30-31-32-34-35-37-39-41-43-45-47-49-51-53-59(63)58(57-68-69(65,66)67-56-55-62(3,4)5)61-60(64)54-52-50-48-46-44-42-40-38-36-33-27-25-23-21-19-17-15-13-11-9-7-2/h9,11,15,17,21,23,27,33,38,40,51,53,58-59,63H,6-8,10,12-14,16,18-20,22,24-26,28-32,34-37,39,41-50,52,54-57H2,1-5H3,(H-,61,64,65,66)/p+1/b11-9-,17-15-,23-21-,33-27-,40-38-,53-51+. The summed E-state index contributed by atoms with van der Waals surface area (Å²) in [4.78, 5) is 23.3. The fourth-order valence-corrected chi connectivity index (χ4v) is 8.92. The second-order valence-electron chi connectivity index (χ2n) is 20.6. The summed E-state index contributed by atoms with van der Waals surface area (Å²) < 4.78 is 23.7. The van der Waals surface area contributed by atoms with Gasteiger partial charge in [0.25, 0.3) is 0 Å². The van der Waals surface area contributed by atoms with E-state index in [0.717, 1.165) is 89.9 Å². The first-order chi connectivity index (χ1) is 33.5. The second-order valence-corrected chi connectivity index (χ2v) is 22.1. The second kappa shape index (κ2) is 50.9. The Morgan fingerprint density at radius 1 is 0.507 bits per heavy atom. The van der Waals surface area contributed by atoms with E-state index in [1.165, 1.54) is 141 Å². The highest BCUT2D eigenvalue weighted by Gasteiger charge is 2.27. The number of aliphatic hydroxyl groups excluding tert-OH is 1. The molecule has 0 aromatic carbocycles. The maximum absolute atomic E-state index is 13.0. The van der Waals surface area contributed by atoms with Crippen molar-refractivity contribution in [1.29, 1.82) is 0 Å². The molecule has 8 nitrogen and oxygen atoms in total. The average molecular weight is 989 g/mol. The molecule has 0 radical (unpaired) electrons. The predicted octanol–water partition coefficient (Wildman–Crippen LogP) is 17.5. The molecule has 69 heavy (non-hydrogen) atoms. The lowest BCUT2D eigenvalue weighted by Gasteiger charge is -2.25. The minimum absolute atomic E-state index is 0.0542. The molecule has 0 aliphatic heterocycles. The summed E-state index contributed by atoms with van der Waals surface area (Å²) >= 11 is 0. The fraction of sp³-hybridized carbons (Fsp3) is 0.783. The molecule has 1 amide bonds. The monoisotopic (exact) mass is 988 g/mol. The van der Waals surface area contributed by atoms with E-state index in [1.807, 2.05) is 27.2 Å². The fourth-order valence-electron chi connectivity index (χ4n) is 8.19. The van der Waals surface area contributed by atoms with Crippen LogP contribution in [0, 0.1) is 0 Å². The van der Waals surface area contributed by atoms with Crippen LogP contribution in [0.1, 0.15) is 251 Å². The van der Waals surface area contributed by atoms with Crippen LogP contribution >= 0.6 is 7.82 Å². The van der Waals surface area contributed by atoms with Crippen LogP contribution in [0.2, 0.25) is 0 Å². The molecule has 0 spiro atoms. The summed E-state index contributed by atoms with van der Waals surface area (Å²) in [7, 11) is 1.55. The highest BCUT2D eigenvalue weighted by Crippen LogP contribution is 2.43. The van der Waals surface area contributed by atoms with Gasteiger partial charge >= 0.3 is 7.82 Å². The Bertz CT molecular complexity index is 1350. The Morgan fingerprint density at radius 3 is 1.28 bits per heavy atom. The van der Waals surface area contributed by atoms with Crippen molar-refractivity contribution in [3.63, 3.8) is 0 Å². The number of hydrogen-bond acceptors (Lipinski definition) is 5. The number of phosphoric ester groups is 1. The van der Waals surface area contributed by atoms with Gasteiger partial charge in [0, 0.05) is 6.42 Å². The van der Waals surface area contributed by atoms with Gasteiger partial charge in [0.2, 0.25) is 5.91 Å². The number of nitrogens with one attached hydrogen (secondary N) is 1. The third kappa shape index (κ3) is 53.6. The summed E-state index contributed by atoms with van der Waals surface area (Å²) in [5.41, 5.74) is 0. The minimum atomic E-state index is -4.36. The van der Waals surface area contributed by atoms with Crippen LogP contribution < -0.4 is 5.32 Å². The summed E-state index contributed by atoms with van der Waals surface area (Å²) in [6.07, 6.45) is 70.0. The molecule has 0 aliphatic carbocycles. The van der Waals surface area contributed by atoms with E-state index < -0.39 is 20.0 Å². The molecular formula is C60H112N2O6P+. The van der Waals surface area contributed by atoms with E-state index >= 15 is 0 Å². The molecule has 3 N–H and O–H groups in total. The summed E-state index contributed by atoms with van der Waals surface area (Å²) in [5.74, 6) is -0.196. The zero-order chi connectivity index (χ0) is 50.6. The van der Waals surface area contributed by atoms with Crippen molar-refractivity contribution >= 4 is 13.7 Å². The minimum Gasteiger partial charge on any atom is -0.387 e. The number of likely N-dealkylation sites (N-methyl/N-ethyl adjacent to an activating group) is 1. The first-order valence-corrected chi connectivity index (χ1v) is 30.3. The van der Waals surface area contributed by atoms with Gasteiger partial charge in [0.15, 0.2) is 0 Å². The number of nitrogens with zero attached hydrogens (tertiary/aromatic N) is 1. The average Bonchev–Trinajstić information content (AvgIpc) is 3.31. The van der Waals surface area contributed by atoms with E-state index in [2.05, 4.69) is 79.9 Å². The Labute approximate surface area is 427 Å². The van der Waals surface area contributed by atoms with Crippen LogP contribution in [0.25, 0.3) is 0 Å². The number of rotatable bonds is 52. The van der Waals surface area contributed by atoms with Gasteiger partial charge in [-0.2, -0.15) is 0 Å². The Kier molecular flexibility index (Phi) is 49.3. The van der Waals surface area contributed by atoms with E-state index in [0.29, 0.717) is 17.4 Å². The third-order valence-electron chi connectivity index (χ3n) is 12.7. The quantitative estimate of drug-likeness (QED) is 0.0243.